The number of ether oxygens (including phenoxy) is 3. The van der Waals surface area contributed by atoms with Crippen molar-refractivity contribution in [2.75, 3.05) is 41.0 Å². The second kappa shape index (κ2) is 42.5. The van der Waals surface area contributed by atoms with Crippen molar-refractivity contribution in [1.29, 1.82) is 0 Å². The lowest BCUT2D eigenvalue weighted by Gasteiger charge is -2.31. The smallest absolute Gasteiger partial charge is 0.362 e. The molecule has 0 bridgehead atoms. The zero-order valence-corrected chi connectivity index (χ0v) is 39.1. The van der Waals surface area contributed by atoms with Gasteiger partial charge in [-0.15, -0.1) is 0 Å². The summed E-state index contributed by atoms with van der Waals surface area (Å²) in [4.78, 5) is 37.0. The van der Waals surface area contributed by atoms with E-state index in [0.29, 0.717) is 19.3 Å². The third-order valence-electron chi connectivity index (χ3n) is 10.5. The molecule has 0 aliphatic carbocycles. The van der Waals surface area contributed by atoms with Gasteiger partial charge in [0.1, 0.15) is 6.61 Å². The summed E-state index contributed by atoms with van der Waals surface area (Å²) in [7, 11) is 5.50. The van der Waals surface area contributed by atoms with Crippen LogP contribution in [-0.4, -0.2) is 80.6 Å². The minimum Gasteiger partial charge on any atom is -0.477 e. The summed E-state index contributed by atoms with van der Waals surface area (Å²) in [5.41, 5.74) is 0. The van der Waals surface area contributed by atoms with E-state index in [4.69, 9.17) is 14.2 Å². The highest BCUT2D eigenvalue weighted by Gasteiger charge is 2.31. The number of aliphatic carboxylic acids is 1. The Kier molecular flexibility index (Phi) is 40.2. The SMILES string of the molecule is CC/C=C/C=C/C=C/C=C/C=C/CCCC(=O)OCC(COCCC(C(=O)O)[N+](C)(C)C)OC(=O)CCCCCCCCC/C=C/CCCCCCCCCCCCCC. The van der Waals surface area contributed by atoms with Gasteiger partial charge in [-0.1, -0.05) is 189 Å². The maximum absolute atomic E-state index is 12.8. The van der Waals surface area contributed by atoms with E-state index in [1.807, 2.05) is 75.8 Å². The maximum Gasteiger partial charge on any atom is 0.362 e. The lowest BCUT2D eigenvalue weighted by Crippen LogP contribution is -2.50. The Hall–Kier alpha value is -3.23. The fourth-order valence-electron chi connectivity index (χ4n) is 6.76. The molecule has 2 unspecified atom stereocenters. The van der Waals surface area contributed by atoms with Crippen molar-refractivity contribution in [3.05, 3.63) is 72.9 Å². The Morgan fingerprint density at radius 2 is 0.967 bits per heavy atom. The molecular formula is C52H90NO7+. The number of quaternary nitrogens is 1. The maximum atomic E-state index is 12.8. The first-order valence-electron chi connectivity index (χ1n) is 24.0. The van der Waals surface area contributed by atoms with Gasteiger partial charge in [0, 0.05) is 19.3 Å². The molecule has 0 aromatic carbocycles. The molecule has 0 radical (unpaired) electrons. The predicted molar refractivity (Wildman–Crippen MR) is 252 cm³/mol. The summed E-state index contributed by atoms with van der Waals surface area (Å²) in [5.74, 6) is -1.57. The summed E-state index contributed by atoms with van der Waals surface area (Å²) in [6.45, 7) is 4.51. The van der Waals surface area contributed by atoms with Crippen molar-refractivity contribution >= 4 is 17.9 Å². The number of allylic oxidation sites excluding steroid dienone is 12. The minimum absolute atomic E-state index is 0.0336. The van der Waals surface area contributed by atoms with Crippen molar-refractivity contribution in [2.24, 2.45) is 0 Å². The number of rotatable bonds is 42. The standard InChI is InChI=1S/C52H89NO7/c1-6-8-10-12-14-16-18-20-21-22-23-24-25-26-27-28-29-31-33-35-37-39-41-43-51(55)60-48(46-58-45-44-49(52(56)57)53(3,4)5)47-59-50(54)42-40-38-36-34-32-30-19-17-15-13-11-9-7-2/h9,11,13,15,17,19,26-27,30,32,34,36,48-49H,6-8,10,12,14,16,18,20-25,28-29,31,33,35,37-47H2,1-5H3/p+1/b11-9+,15-13+,19-17+,27-26+,32-30+,36-34+. The minimum atomic E-state index is -0.887. The zero-order valence-electron chi connectivity index (χ0n) is 39.1. The van der Waals surface area contributed by atoms with E-state index in [1.165, 1.54) is 116 Å². The first-order chi connectivity index (χ1) is 29.1. The number of carboxylic acids is 1. The fourth-order valence-corrected chi connectivity index (χ4v) is 6.76. The van der Waals surface area contributed by atoms with Crippen molar-refractivity contribution in [2.45, 2.75) is 199 Å². The molecule has 2 atom stereocenters. The highest BCUT2D eigenvalue weighted by Crippen LogP contribution is 2.15. The Morgan fingerprint density at radius 1 is 0.517 bits per heavy atom. The van der Waals surface area contributed by atoms with E-state index in [9.17, 15) is 19.5 Å². The summed E-state index contributed by atoms with van der Waals surface area (Å²) >= 11 is 0. The Balaban J connectivity index is 4.31. The van der Waals surface area contributed by atoms with Crippen LogP contribution in [-0.2, 0) is 28.6 Å². The van der Waals surface area contributed by atoms with E-state index >= 15 is 0 Å². The Labute approximate surface area is 368 Å². The van der Waals surface area contributed by atoms with Gasteiger partial charge in [0.25, 0.3) is 0 Å². The third-order valence-corrected chi connectivity index (χ3v) is 10.5. The van der Waals surface area contributed by atoms with Crippen LogP contribution >= 0.6 is 0 Å². The number of carbonyl (C=O) groups excluding carboxylic acids is 2. The average molecular weight is 841 g/mol. The van der Waals surface area contributed by atoms with Crippen LogP contribution in [0.3, 0.4) is 0 Å². The normalized spacial score (nSPS) is 13.6. The lowest BCUT2D eigenvalue weighted by molar-refractivity contribution is -0.887. The zero-order chi connectivity index (χ0) is 44.2. The first kappa shape index (κ1) is 56.8. The van der Waals surface area contributed by atoms with Gasteiger partial charge in [0.2, 0.25) is 0 Å². The number of likely N-dealkylation sites (N-methyl/N-ethyl adjacent to an activating group) is 1. The molecule has 0 aliphatic rings. The molecule has 0 saturated carbocycles. The van der Waals surface area contributed by atoms with Crippen LogP contribution < -0.4 is 0 Å². The predicted octanol–water partition coefficient (Wildman–Crippen LogP) is 13.5. The van der Waals surface area contributed by atoms with Crippen molar-refractivity contribution in [1.82, 2.24) is 0 Å². The highest BCUT2D eigenvalue weighted by atomic mass is 16.6. The van der Waals surface area contributed by atoms with Crippen molar-refractivity contribution in [3.8, 4) is 0 Å². The molecule has 8 nitrogen and oxygen atoms in total. The van der Waals surface area contributed by atoms with E-state index in [-0.39, 0.29) is 42.7 Å². The Bertz CT molecular complexity index is 1210. The van der Waals surface area contributed by atoms with Crippen LogP contribution in [0.15, 0.2) is 72.9 Å². The molecule has 0 aliphatic heterocycles. The topological polar surface area (TPSA) is 99.1 Å². The van der Waals surface area contributed by atoms with Gasteiger partial charge in [0.15, 0.2) is 12.1 Å². The largest absolute Gasteiger partial charge is 0.477 e. The highest BCUT2D eigenvalue weighted by molar-refractivity contribution is 5.72. The average Bonchev–Trinajstić information content (AvgIpc) is 3.21. The molecular weight excluding hydrogens is 751 g/mol. The summed E-state index contributed by atoms with van der Waals surface area (Å²) in [6, 6.07) is -0.629. The van der Waals surface area contributed by atoms with Crippen LogP contribution in [0, 0.1) is 0 Å². The first-order valence-corrected chi connectivity index (χ1v) is 24.0. The van der Waals surface area contributed by atoms with Crippen LogP contribution in [0.5, 0.6) is 0 Å². The molecule has 0 aromatic heterocycles. The summed E-state index contributed by atoms with van der Waals surface area (Å²) in [6.07, 6.45) is 54.0. The Morgan fingerprint density at radius 3 is 1.47 bits per heavy atom. The molecule has 344 valence electrons. The van der Waals surface area contributed by atoms with Gasteiger partial charge in [-0.25, -0.2) is 4.79 Å². The van der Waals surface area contributed by atoms with Crippen LogP contribution in [0.4, 0.5) is 0 Å². The molecule has 8 heteroatoms. The van der Waals surface area contributed by atoms with Gasteiger partial charge in [-0.2, -0.15) is 0 Å². The van der Waals surface area contributed by atoms with E-state index < -0.39 is 18.1 Å². The number of carboxylic acid groups (broad SMARTS) is 1. The molecule has 60 heavy (non-hydrogen) atoms. The van der Waals surface area contributed by atoms with Crippen molar-refractivity contribution < 1.29 is 38.2 Å². The summed E-state index contributed by atoms with van der Waals surface area (Å²) in [5, 5.41) is 9.63. The number of hydrogen-bond donors (Lipinski definition) is 1. The van der Waals surface area contributed by atoms with Crippen LogP contribution in [0.25, 0.3) is 0 Å². The number of hydrogen-bond acceptors (Lipinski definition) is 6. The van der Waals surface area contributed by atoms with E-state index in [2.05, 4.69) is 32.1 Å². The quantitative estimate of drug-likeness (QED) is 0.0215. The van der Waals surface area contributed by atoms with Gasteiger partial charge in [0.05, 0.1) is 34.4 Å². The van der Waals surface area contributed by atoms with Gasteiger partial charge in [-0.05, 0) is 51.4 Å². The number of nitrogens with zero attached hydrogens (tertiary/aromatic N) is 1. The molecule has 0 rings (SSSR count). The fraction of sp³-hybridized carbons (Fsp3) is 0.712. The third kappa shape index (κ3) is 40.2. The second-order valence-electron chi connectivity index (χ2n) is 17.1. The molecule has 0 spiro atoms. The van der Waals surface area contributed by atoms with Crippen molar-refractivity contribution in [3.63, 3.8) is 0 Å². The number of carbonyl (C=O) groups is 3. The van der Waals surface area contributed by atoms with Crippen LogP contribution in [0.1, 0.15) is 187 Å². The molecule has 0 heterocycles. The molecule has 0 aromatic rings. The van der Waals surface area contributed by atoms with Crippen LogP contribution in [0.2, 0.25) is 0 Å². The number of unbranched alkanes of at least 4 members (excludes halogenated alkanes) is 20. The summed E-state index contributed by atoms with van der Waals surface area (Å²) < 4.78 is 17.2. The monoisotopic (exact) mass is 841 g/mol. The second-order valence-corrected chi connectivity index (χ2v) is 17.1. The molecule has 1 N–H and O–H groups in total. The molecule has 0 fully saturated rings. The molecule has 0 amide bonds. The lowest BCUT2D eigenvalue weighted by atomic mass is 10.0. The van der Waals surface area contributed by atoms with Gasteiger partial charge >= 0.3 is 17.9 Å². The van der Waals surface area contributed by atoms with Gasteiger partial charge in [-0.3, -0.25) is 9.59 Å². The molecule has 0 saturated heterocycles. The van der Waals surface area contributed by atoms with E-state index in [1.54, 1.807) is 0 Å². The van der Waals surface area contributed by atoms with Gasteiger partial charge < -0.3 is 23.8 Å². The number of esters is 2. The van der Waals surface area contributed by atoms with E-state index in [0.717, 1.165) is 32.1 Å².